The van der Waals surface area contributed by atoms with Crippen LogP contribution in [0.1, 0.15) is 36.7 Å². The predicted octanol–water partition coefficient (Wildman–Crippen LogP) is 4.81. The van der Waals surface area contributed by atoms with Gasteiger partial charge < -0.3 is 10.1 Å². The smallest absolute Gasteiger partial charge is 0.270 e. The van der Waals surface area contributed by atoms with Crippen LogP contribution in [-0.2, 0) is 5.41 Å². The zero-order valence-electron chi connectivity index (χ0n) is 14.4. The van der Waals surface area contributed by atoms with E-state index >= 15 is 0 Å². The lowest BCUT2D eigenvalue weighted by atomic mass is 9.87. The number of hydrogen-bond acceptors (Lipinski definition) is 4. The van der Waals surface area contributed by atoms with Gasteiger partial charge in [0.15, 0.2) is 0 Å². The van der Waals surface area contributed by atoms with E-state index in [1.165, 1.54) is 19.2 Å². The Morgan fingerprint density at radius 1 is 1.20 bits per heavy atom. The van der Waals surface area contributed by atoms with Crippen LogP contribution < -0.4 is 10.1 Å². The van der Waals surface area contributed by atoms with Gasteiger partial charge in [-0.25, -0.2) is 0 Å². The molecule has 0 fully saturated rings. The van der Waals surface area contributed by atoms with E-state index in [0.29, 0.717) is 11.4 Å². The van der Waals surface area contributed by atoms with Gasteiger partial charge in [0.1, 0.15) is 5.75 Å². The monoisotopic (exact) mass is 362 g/mol. The summed E-state index contributed by atoms with van der Waals surface area (Å²) in [5, 5.41) is 13.5. The summed E-state index contributed by atoms with van der Waals surface area (Å²) < 4.78 is 5.29. The second-order valence-electron chi connectivity index (χ2n) is 6.54. The lowest BCUT2D eigenvalue weighted by Crippen LogP contribution is -2.16. The largest absolute Gasteiger partial charge is 0.495 e. The van der Waals surface area contributed by atoms with Crippen molar-refractivity contribution in [3.63, 3.8) is 0 Å². The number of ether oxygens (including phenoxy) is 1. The van der Waals surface area contributed by atoms with Crippen LogP contribution in [0.4, 0.5) is 11.4 Å². The molecular formula is C18H19ClN2O4. The van der Waals surface area contributed by atoms with E-state index in [1.54, 1.807) is 6.07 Å². The Hall–Kier alpha value is -2.60. The molecule has 0 heterocycles. The lowest BCUT2D eigenvalue weighted by Gasteiger charge is -2.21. The third-order valence-electron chi connectivity index (χ3n) is 3.72. The van der Waals surface area contributed by atoms with Crippen molar-refractivity contribution in [2.24, 2.45) is 0 Å². The van der Waals surface area contributed by atoms with Gasteiger partial charge in [0.05, 0.1) is 28.3 Å². The van der Waals surface area contributed by atoms with Crippen molar-refractivity contribution in [3.8, 4) is 5.75 Å². The molecule has 0 saturated heterocycles. The van der Waals surface area contributed by atoms with Gasteiger partial charge >= 0.3 is 0 Å². The van der Waals surface area contributed by atoms with E-state index in [0.717, 1.165) is 11.6 Å². The number of non-ortho nitro benzene ring substituents is 1. The zero-order chi connectivity index (χ0) is 18.8. The fourth-order valence-electron chi connectivity index (χ4n) is 2.26. The highest BCUT2D eigenvalue weighted by atomic mass is 35.5. The number of amides is 1. The van der Waals surface area contributed by atoms with E-state index in [2.05, 4.69) is 26.1 Å². The quantitative estimate of drug-likeness (QED) is 0.625. The van der Waals surface area contributed by atoms with Crippen LogP contribution in [0.15, 0.2) is 36.4 Å². The van der Waals surface area contributed by atoms with Crippen LogP contribution in [0.3, 0.4) is 0 Å². The van der Waals surface area contributed by atoms with Gasteiger partial charge in [0.2, 0.25) is 0 Å². The molecule has 1 amide bonds. The molecule has 0 atom stereocenters. The van der Waals surface area contributed by atoms with Gasteiger partial charge in [-0.3, -0.25) is 14.9 Å². The van der Waals surface area contributed by atoms with Crippen molar-refractivity contribution in [1.82, 2.24) is 0 Å². The second-order valence-corrected chi connectivity index (χ2v) is 6.95. The Labute approximate surface area is 150 Å². The number of rotatable bonds is 4. The molecule has 7 heteroatoms. The van der Waals surface area contributed by atoms with Gasteiger partial charge in [-0.2, -0.15) is 0 Å². The van der Waals surface area contributed by atoms with Crippen LogP contribution in [0.5, 0.6) is 5.75 Å². The Bertz CT molecular complexity index is 828. The first kappa shape index (κ1) is 18.7. The number of nitro groups is 1. The molecule has 25 heavy (non-hydrogen) atoms. The summed E-state index contributed by atoms with van der Waals surface area (Å²) in [6.45, 7) is 6.19. The number of nitrogens with zero attached hydrogens (tertiary/aromatic N) is 1. The number of halogens is 1. The minimum absolute atomic E-state index is 0.0117. The number of nitrogens with one attached hydrogen (secondary N) is 1. The van der Waals surface area contributed by atoms with Crippen molar-refractivity contribution >= 4 is 28.9 Å². The Kier molecular flexibility index (Phi) is 5.33. The van der Waals surface area contributed by atoms with E-state index in [1.807, 2.05) is 12.1 Å². The Morgan fingerprint density at radius 3 is 2.40 bits per heavy atom. The van der Waals surface area contributed by atoms with E-state index in [-0.39, 0.29) is 21.7 Å². The van der Waals surface area contributed by atoms with Crippen LogP contribution in [0.25, 0.3) is 0 Å². The van der Waals surface area contributed by atoms with E-state index < -0.39 is 10.8 Å². The van der Waals surface area contributed by atoms with Crippen molar-refractivity contribution in [2.75, 3.05) is 12.4 Å². The normalized spacial score (nSPS) is 11.1. The molecule has 6 nitrogen and oxygen atoms in total. The Balaban J connectivity index is 2.36. The minimum atomic E-state index is -0.566. The summed E-state index contributed by atoms with van der Waals surface area (Å²) in [7, 11) is 1.51. The number of carbonyl (C=O) groups excluding carboxylic acids is 1. The molecule has 0 aromatic heterocycles. The van der Waals surface area contributed by atoms with Crippen LogP contribution >= 0.6 is 11.6 Å². The summed E-state index contributed by atoms with van der Waals surface area (Å²) >= 11 is 6.02. The number of benzene rings is 2. The third kappa shape index (κ3) is 4.28. The summed E-state index contributed by atoms with van der Waals surface area (Å²) in [5.41, 5.74) is 1.41. The lowest BCUT2D eigenvalue weighted by molar-refractivity contribution is -0.384. The number of hydrogen-bond donors (Lipinski definition) is 1. The average molecular weight is 363 g/mol. The molecule has 0 radical (unpaired) electrons. The summed E-state index contributed by atoms with van der Waals surface area (Å²) in [4.78, 5) is 22.7. The van der Waals surface area contributed by atoms with Crippen LogP contribution in [0, 0.1) is 10.1 Å². The van der Waals surface area contributed by atoms with Gasteiger partial charge in [-0.05, 0) is 29.2 Å². The summed E-state index contributed by atoms with van der Waals surface area (Å²) in [6.07, 6.45) is 0. The average Bonchev–Trinajstić information content (AvgIpc) is 2.53. The maximum absolute atomic E-state index is 12.5. The number of nitro benzene ring substituents is 1. The van der Waals surface area contributed by atoms with Gasteiger partial charge in [-0.15, -0.1) is 0 Å². The molecule has 2 aromatic rings. The highest BCUT2D eigenvalue weighted by Gasteiger charge is 2.19. The van der Waals surface area contributed by atoms with Crippen LogP contribution in [0.2, 0.25) is 5.02 Å². The van der Waals surface area contributed by atoms with Gasteiger partial charge in [0.25, 0.3) is 11.6 Å². The standard InChI is InChI=1S/C18H19ClN2O4/c1-18(2,3)11-5-8-16(25-4)15(9-11)20-17(22)13-7-6-12(21(23)24)10-14(13)19/h5-10H,1-4H3,(H,20,22). The fraction of sp³-hybridized carbons (Fsp3) is 0.278. The molecule has 0 aliphatic carbocycles. The van der Waals surface area contributed by atoms with Crippen molar-refractivity contribution in [1.29, 1.82) is 0 Å². The first-order valence-corrected chi connectivity index (χ1v) is 7.95. The van der Waals surface area contributed by atoms with Crippen molar-refractivity contribution in [3.05, 3.63) is 62.7 Å². The third-order valence-corrected chi connectivity index (χ3v) is 4.03. The minimum Gasteiger partial charge on any atom is -0.495 e. The van der Waals surface area contributed by atoms with Crippen molar-refractivity contribution < 1.29 is 14.5 Å². The van der Waals surface area contributed by atoms with Crippen LogP contribution in [-0.4, -0.2) is 17.9 Å². The molecule has 132 valence electrons. The molecule has 2 rings (SSSR count). The first-order valence-electron chi connectivity index (χ1n) is 7.57. The maximum atomic E-state index is 12.5. The number of methoxy groups -OCH3 is 1. The topological polar surface area (TPSA) is 81.5 Å². The summed E-state index contributed by atoms with van der Waals surface area (Å²) in [6, 6.07) is 9.29. The summed E-state index contributed by atoms with van der Waals surface area (Å²) in [5.74, 6) is 0.0450. The fourth-order valence-corrected chi connectivity index (χ4v) is 2.52. The number of carbonyl (C=O) groups is 1. The number of anilines is 1. The highest BCUT2D eigenvalue weighted by Crippen LogP contribution is 2.32. The van der Waals surface area contributed by atoms with E-state index in [9.17, 15) is 14.9 Å². The van der Waals surface area contributed by atoms with Crippen molar-refractivity contribution in [2.45, 2.75) is 26.2 Å². The van der Waals surface area contributed by atoms with Gasteiger partial charge in [0, 0.05) is 12.1 Å². The molecular weight excluding hydrogens is 344 g/mol. The highest BCUT2D eigenvalue weighted by molar-refractivity contribution is 6.34. The van der Waals surface area contributed by atoms with Gasteiger partial charge in [-0.1, -0.05) is 38.4 Å². The molecule has 2 aromatic carbocycles. The van der Waals surface area contributed by atoms with E-state index in [4.69, 9.17) is 16.3 Å². The second kappa shape index (κ2) is 7.11. The molecule has 0 spiro atoms. The zero-order valence-corrected chi connectivity index (χ0v) is 15.2. The molecule has 0 aliphatic rings. The maximum Gasteiger partial charge on any atom is 0.270 e. The predicted molar refractivity (Wildman–Crippen MR) is 97.8 cm³/mol. The Morgan fingerprint density at radius 2 is 1.88 bits per heavy atom. The molecule has 0 bridgehead atoms. The molecule has 0 aliphatic heterocycles. The molecule has 0 unspecified atom stereocenters. The molecule has 0 saturated carbocycles. The first-order chi connectivity index (χ1) is 11.6. The SMILES string of the molecule is COc1ccc(C(C)(C)C)cc1NC(=O)c1ccc([N+](=O)[O-])cc1Cl. The molecule has 1 N–H and O–H groups in total.